The van der Waals surface area contributed by atoms with Gasteiger partial charge in [0.15, 0.2) is 0 Å². The summed E-state index contributed by atoms with van der Waals surface area (Å²) in [6, 6.07) is 15.1. The molecule has 0 saturated carbocycles. The summed E-state index contributed by atoms with van der Waals surface area (Å²) in [5.74, 6) is 1.09. The van der Waals surface area contributed by atoms with E-state index < -0.39 is 0 Å². The van der Waals surface area contributed by atoms with Gasteiger partial charge >= 0.3 is 0 Å². The molecule has 0 fully saturated rings. The van der Waals surface area contributed by atoms with Gasteiger partial charge in [0.05, 0.1) is 18.0 Å². The van der Waals surface area contributed by atoms with Crippen molar-refractivity contribution >= 4 is 11.3 Å². The molecule has 1 atom stereocenters. The topological polar surface area (TPSA) is 60.6 Å². The van der Waals surface area contributed by atoms with Crippen molar-refractivity contribution in [1.29, 1.82) is 0 Å². The van der Waals surface area contributed by atoms with Gasteiger partial charge in [-0.25, -0.2) is 9.67 Å². The van der Waals surface area contributed by atoms with Crippen LogP contribution in [0.1, 0.15) is 23.4 Å². The van der Waals surface area contributed by atoms with Gasteiger partial charge in [-0.15, -0.1) is 11.3 Å². The summed E-state index contributed by atoms with van der Waals surface area (Å²) in [4.78, 5) is 5.53. The van der Waals surface area contributed by atoms with E-state index >= 15 is 0 Å². The molecule has 6 nitrogen and oxygen atoms in total. The molecule has 7 heteroatoms. The summed E-state index contributed by atoms with van der Waals surface area (Å²) in [6.45, 7) is 2.46. The standard InChI is InChI=1S/C21H22N6S/c1-2-5-16(6-3-1)12-26-13-17(21(25-26)19-7-4-10-28-19)11-22-18-8-9-20-23-15-24-27(20)14-18/h1-7,10,13,15,18,22H,8-9,11-12,14H2. The monoisotopic (exact) mass is 390 g/mol. The number of rotatable bonds is 6. The summed E-state index contributed by atoms with van der Waals surface area (Å²) >= 11 is 1.74. The highest BCUT2D eigenvalue weighted by atomic mass is 32.1. The van der Waals surface area contributed by atoms with Gasteiger partial charge in [-0.1, -0.05) is 36.4 Å². The molecule has 0 spiro atoms. The van der Waals surface area contributed by atoms with E-state index in [4.69, 9.17) is 5.10 Å². The van der Waals surface area contributed by atoms with E-state index in [1.54, 1.807) is 17.7 Å². The zero-order valence-corrected chi connectivity index (χ0v) is 16.3. The predicted octanol–water partition coefficient (Wildman–Crippen LogP) is 3.36. The lowest BCUT2D eigenvalue weighted by Crippen LogP contribution is -2.37. The number of nitrogens with one attached hydrogen (secondary N) is 1. The van der Waals surface area contributed by atoms with Crippen LogP contribution in [0.3, 0.4) is 0 Å². The van der Waals surface area contributed by atoms with Crippen molar-refractivity contribution in [2.24, 2.45) is 0 Å². The highest BCUT2D eigenvalue weighted by molar-refractivity contribution is 7.13. The minimum Gasteiger partial charge on any atom is -0.308 e. The molecule has 1 aliphatic rings. The van der Waals surface area contributed by atoms with Crippen molar-refractivity contribution in [2.75, 3.05) is 0 Å². The smallest absolute Gasteiger partial charge is 0.138 e. The van der Waals surface area contributed by atoms with Crippen LogP contribution in [0.5, 0.6) is 0 Å². The molecule has 0 saturated heterocycles. The van der Waals surface area contributed by atoms with E-state index in [1.807, 2.05) is 10.7 Å². The fourth-order valence-corrected chi connectivity index (χ4v) is 4.47. The third-order valence-corrected chi connectivity index (χ3v) is 6.04. The van der Waals surface area contributed by atoms with Gasteiger partial charge in [-0.3, -0.25) is 4.68 Å². The van der Waals surface area contributed by atoms with Crippen LogP contribution in [-0.4, -0.2) is 30.6 Å². The number of aryl methyl sites for hydroxylation is 1. The van der Waals surface area contributed by atoms with Crippen LogP contribution < -0.4 is 5.32 Å². The van der Waals surface area contributed by atoms with Crippen molar-refractivity contribution in [3.8, 4) is 10.6 Å². The van der Waals surface area contributed by atoms with Crippen LogP contribution in [0.25, 0.3) is 10.6 Å². The minimum absolute atomic E-state index is 0.405. The fraction of sp³-hybridized carbons (Fsp3) is 0.286. The maximum Gasteiger partial charge on any atom is 0.138 e. The summed E-state index contributed by atoms with van der Waals surface area (Å²) < 4.78 is 4.07. The van der Waals surface area contributed by atoms with Gasteiger partial charge in [0, 0.05) is 30.8 Å². The SMILES string of the molecule is c1ccc(Cn2cc(CNC3CCc4ncnn4C3)c(-c3cccs3)n2)cc1. The Kier molecular flexibility index (Phi) is 4.76. The zero-order chi connectivity index (χ0) is 18.8. The second-order valence-corrected chi connectivity index (χ2v) is 8.09. The van der Waals surface area contributed by atoms with Gasteiger partial charge in [0.2, 0.25) is 0 Å². The maximum atomic E-state index is 4.90. The van der Waals surface area contributed by atoms with E-state index in [0.717, 1.165) is 44.0 Å². The lowest BCUT2D eigenvalue weighted by atomic mass is 10.1. The molecule has 1 aliphatic heterocycles. The van der Waals surface area contributed by atoms with Gasteiger partial charge in [-0.2, -0.15) is 10.2 Å². The van der Waals surface area contributed by atoms with Crippen LogP contribution in [0.2, 0.25) is 0 Å². The molecule has 1 unspecified atom stereocenters. The maximum absolute atomic E-state index is 4.90. The highest BCUT2D eigenvalue weighted by Crippen LogP contribution is 2.27. The van der Waals surface area contributed by atoms with E-state index in [9.17, 15) is 0 Å². The largest absolute Gasteiger partial charge is 0.308 e. The van der Waals surface area contributed by atoms with Gasteiger partial charge in [0.1, 0.15) is 17.8 Å². The number of aromatic nitrogens is 5. The minimum atomic E-state index is 0.405. The molecule has 28 heavy (non-hydrogen) atoms. The summed E-state index contributed by atoms with van der Waals surface area (Å²) in [7, 11) is 0. The Balaban J connectivity index is 1.34. The van der Waals surface area contributed by atoms with Crippen molar-refractivity contribution in [3.05, 3.63) is 77.3 Å². The molecule has 0 radical (unpaired) electrons. The first-order valence-electron chi connectivity index (χ1n) is 9.59. The fourth-order valence-electron chi connectivity index (χ4n) is 3.72. The molecule has 0 amide bonds. The number of fused-ring (bicyclic) bond motifs is 1. The first-order chi connectivity index (χ1) is 13.8. The van der Waals surface area contributed by atoms with Crippen LogP contribution in [0, 0.1) is 0 Å². The Labute approximate surface area is 167 Å². The van der Waals surface area contributed by atoms with Crippen molar-refractivity contribution in [3.63, 3.8) is 0 Å². The van der Waals surface area contributed by atoms with Crippen LogP contribution in [-0.2, 0) is 26.1 Å². The van der Waals surface area contributed by atoms with Crippen molar-refractivity contribution in [1.82, 2.24) is 29.9 Å². The summed E-state index contributed by atoms with van der Waals surface area (Å²) in [5, 5.41) is 15.0. The van der Waals surface area contributed by atoms with Gasteiger partial charge in [-0.05, 0) is 23.4 Å². The Bertz CT molecular complexity index is 1030. The van der Waals surface area contributed by atoms with Crippen LogP contribution in [0.15, 0.2) is 60.4 Å². The predicted molar refractivity (Wildman–Crippen MR) is 110 cm³/mol. The zero-order valence-electron chi connectivity index (χ0n) is 15.5. The van der Waals surface area contributed by atoms with Crippen LogP contribution >= 0.6 is 11.3 Å². The molecule has 1 N–H and O–H groups in total. The summed E-state index contributed by atoms with van der Waals surface area (Å²) in [5.41, 5.74) is 3.58. The van der Waals surface area contributed by atoms with E-state index in [1.165, 1.54) is 16.0 Å². The Morgan fingerprint density at radius 3 is 2.93 bits per heavy atom. The lowest BCUT2D eigenvalue weighted by molar-refractivity contribution is 0.358. The Hall–Kier alpha value is -2.77. The van der Waals surface area contributed by atoms with Crippen LogP contribution in [0.4, 0.5) is 0 Å². The average Bonchev–Trinajstić information content (AvgIpc) is 3.47. The molecule has 0 aliphatic carbocycles. The molecule has 5 rings (SSSR count). The normalized spacial score (nSPS) is 16.2. The molecule has 142 valence electrons. The lowest BCUT2D eigenvalue weighted by Gasteiger charge is -2.23. The molecule has 3 aromatic heterocycles. The van der Waals surface area contributed by atoms with E-state index in [-0.39, 0.29) is 0 Å². The molecule has 0 bridgehead atoms. The van der Waals surface area contributed by atoms with Crippen molar-refractivity contribution < 1.29 is 0 Å². The Morgan fingerprint density at radius 1 is 1.14 bits per heavy atom. The van der Waals surface area contributed by atoms with Gasteiger partial charge in [0.25, 0.3) is 0 Å². The molecular formula is C21H22N6S. The second kappa shape index (κ2) is 7.69. The van der Waals surface area contributed by atoms with Gasteiger partial charge < -0.3 is 5.32 Å². The third-order valence-electron chi connectivity index (χ3n) is 5.17. The molecule has 4 heterocycles. The first-order valence-corrected chi connectivity index (χ1v) is 10.5. The van der Waals surface area contributed by atoms with E-state index in [0.29, 0.717) is 6.04 Å². The number of nitrogens with zero attached hydrogens (tertiary/aromatic N) is 5. The number of hydrogen-bond acceptors (Lipinski definition) is 5. The number of thiophene rings is 1. The quantitative estimate of drug-likeness (QED) is 0.548. The molecule has 1 aromatic carbocycles. The average molecular weight is 391 g/mol. The Morgan fingerprint density at radius 2 is 2.07 bits per heavy atom. The molecular weight excluding hydrogens is 368 g/mol. The second-order valence-electron chi connectivity index (χ2n) is 7.14. The highest BCUT2D eigenvalue weighted by Gasteiger charge is 2.20. The first kappa shape index (κ1) is 17.3. The molecule has 4 aromatic rings. The summed E-state index contributed by atoms with van der Waals surface area (Å²) in [6.07, 6.45) is 5.90. The number of hydrogen-bond donors (Lipinski definition) is 1. The van der Waals surface area contributed by atoms with Crippen molar-refractivity contribution in [2.45, 2.75) is 38.5 Å². The third kappa shape index (κ3) is 3.63. The van der Waals surface area contributed by atoms with E-state index in [2.05, 4.69) is 68.1 Å². The number of benzene rings is 1.